The zero-order valence-electron chi connectivity index (χ0n) is 15.0. The van der Waals surface area contributed by atoms with E-state index in [1.165, 1.54) is 11.8 Å². The number of hydrogen-bond donors (Lipinski definition) is 0. The van der Waals surface area contributed by atoms with Crippen molar-refractivity contribution in [2.24, 2.45) is 18.9 Å². The molecule has 2 rings (SSSR count). The third-order valence-corrected chi connectivity index (χ3v) is 4.43. The van der Waals surface area contributed by atoms with Gasteiger partial charge >= 0.3 is 0 Å². The summed E-state index contributed by atoms with van der Waals surface area (Å²) in [7, 11) is 1.88. The molecule has 132 valence electrons. The first-order valence-electron chi connectivity index (χ1n) is 8.22. The van der Waals surface area contributed by atoms with E-state index in [1.807, 2.05) is 28.6 Å². The Labute approximate surface area is 147 Å². The lowest BCUT2D eigenvalue weighted by molar-refractivity contribution is -0.129. The smallest absolute Gasteiger partial charge is 0.233 e. The average molecular weight is 350 g/mol. The number of thioether (sulfide) groups is 1. The number of carbonyl (C=O) groups is 1. The van der Waals surface area contributed by atoms with Gasteiger partial charge in [0.15, 0.2) is 16.7 Å². The molecule has 2 aromatic rings. The molecule has 6 nitrogen and oxygen atoms in total. The second-order valence-corrected chi connectivity index (χ2v) is 7.66. The molecular weight excluding hydrogens is 324 g/mol. The Morgan fingerprint density at radius 1 is 1.25 bits per heavy atom. The van der Waals surface area contributed by atoms with Crippen LogP contribution in [0.5, 0.6) is 0 Å². The van der Waals surface area contributed by atoms with Gasteiger partial charge in [-0.2, -0.15) is 0 Å². The van der Waals surface area contributed by atoms with E-state index in [-0.39, 0.29) is 5.91 Å². The molecule has 0 atom stereocenters. The van der Waals surface area contributed by atoms with Crippen LogP contribution < -0.4 is 0 Å². The van der Waals surface area contributed by atoms with Crippen LogP contribution in [0.4, 0.5) is 0 Å². The highest BCUT2D eigenvalue weighted by Gasteiger charge is 2.19. The van der Waals surface area contributed by atoms with E-state index in [0.717, 1.165) is 13.1 Å². The predicted molar refractivity (Wildman–Crippen MR) is 95.7 cm³/mol. The molecular formula is C17H26N4O2S. The van der Waals surface area contributed by atoms with Gasteiger partial charge in [0.05, 0.1) is 12.0 Å². The van der Waals surface area contributed by atoms with E-state index in [1.54, 1.807) is 6.26 Å². The zero-order chi connectivity index (χ0) is 17.7. The van der Waals surface area contributed by atoms with Crippen molar-refractivity contribution in [3.63, 3.8) is 0 Å². The van der Waals surface area contributed by atoms with Gasteiger partial charge in [0, 0.05) is 20.1 Å². The fourth-order valence-electron chi connectivity index (χ4n) is 2.44. The normalized spacial score (nSPS) is 11.5. The number of rotatable bonds is 8. The summed E-state index contributed by atoms with van der Waals surface area (Å²) >= 11 is 1.41. The molecule has 2 aromatic heterocycles. The van der Waals surface area contributed by atoms with Crippen molar-refractivity contribution in [2.75, 3.05) is 18.8 Å². The average Bonchev–Trinajstić information content (AvgIpc) is 3.12. The van der Waals surface area contributed by atoms with Gasteiger partial charge in [-0.15, -0.1) is 10.2 Å². The third kappa shape index (κ3) is 4.87. The molecule has 24 heavy (non-hydrogen) atoms. The van der Waals surface area contributed by atoms with E-state index in [2.05, 4.69) is 37.9 Å². The SMILES string of the molecule is CC(C)CN(CC(C)C)C(=O)CSc1nnc(-c2ccco2)n1C. The van der Waals surface area contributed by atoms with E-state index in [4.69, 9.17) is 4.42 Å². The number of aromatic nitrogens is 3. The van der Waals surface area contributed by atoms with Crippen molar-refractivity contribution in [1.82, 2.24) is 19.7 Å². The largest absolute Gasteiger partial charge is 0.461 e. The molecule has 0 aromatic carbocycles. The van der Waals surface area contributed by atoms with Crippen LogP contribution >= 0.6 is 11.8 Å². The van der Waals surface area contributed by atoms with E-state index >= 15 is 0 Å². The van der Waals surface area contributed by atoms with Gasteiger partial charge in [-0.25, -0.2) is 0 Å². The first-order chi connectivity index (χ1) is 11.4. The Morgan fingerprint density at radius 3 is 2.46 bits per heavy atom. The number of amides is 1. The quantitative estimate of drug-likeness (QED) is 0.684. The third-order valence-electron chi connectivity index (χ3n) is 3.42. The summed E-state index contributed by atoms with van der Waals surface area (Å²) in [6.45, 7) is 10.1. The second-order valence-electron chi connectivity index (χ2n) is 6.72. The van der Waals surface area contributed by atoms with Crippen LogP contribution in [-0.2, 0) is 11.8 Å². The van der Waals surface area contributed by atoms with Crippen LogP contribution in [0, 0.1) is 11.8 Å². The monoisotopic (exact) mass is 350 g/mol. The number of nitrogens with zero attached hydrogens (tertiary/aromatic N) is 4. The number of hydrogen-bond acceptors (Lipinski definition) is 5. The topological polar surface area (TPSA) is 64.2 Å². The van der Waals surface area contributed by atoms with Crippen molar-refractivity contribution in [3.8, 4) is 11.6 Å². The van der Waals surface area contributed by atoms with Gasteiger partial charge < -0.3 is 13.9 Å². The van der Waals surface area contributed by atoms with Crippen molar-refractivity contribution in [1.29, 1.82) is 0 Å². The Hall–Kier alpha value is -1.76. The second kappa shape index (κ2) is 8.37. The first-order valence-corrected chi connectivity index (χ1v) is 9.20. The highest BCUT2D eigenvalue weighted by molar-refractivity contribution is 7.99. The zero-order valence-corrected chi connectivity index (χ0v) is 15.8. The molecule has 0 fully saturated rings. The summed E-state index contributed by atoms with van der Waals surface area (Å²) in [4.78, 5) is 14.5. The van der Waals surface area contributed by atoms with Crippen molar-refractivity contribution in [2.45, 2.75) is 32.9 Å². The lowest BCUT2D eigenvalue weighted by Crippen LogP contribution is -2.38. The van der Waals surface area contributed by atoms with Crippen molar-refractivity contribution < 1.29 is 9.21 Å². The van der Waals surface area contributed by atoms with Crippen LogP contribution in [0.25, 0.3) is 11.6 Å². The van der Waals surface area contributed by atoms with Crippen molar-refractivity contribution in [3.05, 3.63) is 18.4 Å². The van der Waals surface area contributed by atoms with Gasteiger partial charge in [-0.05, 0) is 24.0 Å². The van der Waals surface area contributed by atoms with Crippen molar-refractivity contribution >= 4 is 17.7 Å². The minimum Gasteiger partial charge on any atom is -0.461 e. The van der Waals surface area contributed by atoms with Crippen LogP contribution in [0.3, 0.4) is 0 Å². The highest BCUT2D eigenvalue weighted by Crippen LogP contribution is 2.23. The molecule has 0 unspecified atom stereocenters. The van der Waals surface area contributed by atoms with Gasteiger partial charge in [0.2, 0.25) is 5.91 Å². The van der Waals surface area contributed by atoms with E-state index in [9.17, 15) is 4.79 Å². The van der Waals surface area contributed by atoms with Crippen LogP contribution in [0.1, 0.15) is 27.7 Å². The minimum absolute atomic E-state index is 0.143. The molecule has 7 heteroatoms. The summed E-state index contributed by atoms with van der Waals surface area (Å²) in [6, 6.07) is 3.66. The molecule has 0 aliphatic heterocycles. The lowest BCUT2D eigenvalue weighted by Gasteiger charge is -2.26. The molecule has 1 amide bonds. The Kier molecular flexibility index (Phi) is 6.48. The standard InChI is InChI=1S/C17H26N4O2S/c1-12(2)9-21(10-13(3)4)15(22)11-24-17-19-18-16(20(17)5)14-7-6-8-23-14/h6-8,12-13H,9-11H2,1-5H3. The summed E-state index contributed by atoms with van der Waals surface area (Å²) in [5.74, 6) is 2.76. The highest BCUT2D eigenvalue weighted by atomic mass is 32.2. The first kappa shape index (κ1) is 18.6. The maximum Gasteiger partial charge on any atom is 0.233 e. The van der Waals surface area contributed by atoms with E-state index < -0.39 is 0 Å². The van der Waals surface area contributed by atoms with Crippen LogP contribution in [0.2, 0.25) is 0 Å². The Morgan fingerprint density at radius 2 is 1.92 bits per heavy atom. The van der Waals surface area contributed by atoms with Gasteiger partial charge in [0.1, 0.15) is 0 Å². The predicted octanol–water partition coefficient (Wildman–Crippen LogP) is 3.31. The molecule has 0 spiro atoms. The Bertz CT molecular complexity index is 640. The lowest BCUT2D eigenvalue weighted by atomic mass is 10.1. The molecule has 0 saturated carbocycles. The van der Waals surface area contributed by atoms with Crippen LogP contribution in [0.15, 0.2) is 28.0 Å². The van der Waals surface area contributed by atoms with Gasteiger partial charge in [0.25, 0.3) is 0 Å². The molecule has 0 N–H and O–H groups in total. The van der Waals surface area contributed by atoms with Gasteiger partial charge in [-0.1, -0.05) is 39.5 Å². The summed E-state index contributed by atoms with van der Waals surface area (Å²) < 4.78 is 7.21. The maximum atomic E-state index is 12.6. The molecule has 0 bridgehead atoms. The minimum atomic E-state index is 0.143. The van der Waals surface area contributed by atoms with Gasteiger partial charge in [-0.3, -0.25) is 4.79 Å². The molecule has 0 saturated heterocycles. The number of furan rings is 1. The molecule has 2 heterocycles. The van der Waals surface area contributed by atoms with Crippen LogP contribution in [-0.4, -0.2) is 44.4 Å². The maximum absolute atomic E-state index is 12.6. The summed E-state index contributed by atoms with van der Waals surface area (Å²) in [6.07, 6.45) is 1.61. The molecule has 0 aliphatic carbocycles. The fourth-order valence-corrected chi connectivity index (χ4v) is 3.25. The molecule has 0 aliphatic rings. The summed E-state index contributed by atoms with van der Waals surface area (Å²) in [5.41, 5.74) is 0. The molecule has 0 radical (unpaired) electrons. The van der Waals surface area contributed by atoms with E-state index in [0.29, 0.717) is 34.3 Å². The fraction of sp³-hybridized carbons (Fsp3) is 0.588. The number of carbonyl (C=O) groups excluding carboxylic acids is 1. The summed E-state index contributed by atoms with van der Waals surface area (Å²) in [5, 5.41) is 9.03. The Balaban J connectivity index is 2.00.